The molecule has 0 unspecified atom stereocenters. The number of thiophene rings is 1. The Morgan fingerprint density at radius 1 is 1.33 bits per heavy atom. The van der Waals surface area contributed by atoms with Crippen LogP contribution in [-0.4, -0.2) is 31.1 Å². The molecule has 0 aliphatic carbocycles. The summed E-state index contributed by atoms with van der Waals surface area (Å²) in [6.07, 6.45) is 3.14. The lowest BCUT2D eigenvalue weighted by Crippen LogP contribution is -2.45. The molecule has 0 radical (unpaired) electrons. The summed E-state index contributed by atoms with van der Waals surface area (Å²) in [4.78, 5) is 16.1. The van der Waals surface area contributed by atoms with Crippen molar-refractivity contribution in [1.29, 1.82) is 0 Å². The van der Waals surface area contributed by atoms with Crippen molar-refractivity contribution in [2.45, 2.75) is 25.3 Å². The van der Waals surface area contributed by atoms with Crippen LogP contribution >= 0.6 is 11.3 Å². The Bertz CT molecular complexity index is 693. The van der Waals surface area contributed by atoms with E-state index in [1.54, 1.807) is 0 Å². The Morgan fingerprint density at radius 3 is 3.05 bits per heavy atom. The largest absolute Gasteiger partial charge is 0.469 e. The number of hydrogen-bond acceptors (Lipinski definition) is 4. The van der Waals surface area contributed by atoms with Gasteiger partial charge in [-0.1, -0.05) is 18.2 Å². The number of benzene rings is 1. The number of rotatable bonds is 1. The Balaban J connectivity index is 1.85. The Morgan fingerprint density at radius 2 is 2.19 bits per heavy atom. The summed E-state index contributed by atoms with van der Waals surface area (Å²) in [5.74, 6) is -0.0501. The van der Waals surface area contributed by atoms with Crippen molar-refractivity contribution in [2.75, 3.05) is 20.2 Å². The third-order valence-corrected chi connectivity index (χ3v) is 6.17. The smallest absolute Gasteiger partial charge is 0.310 e. The van der Waals surface area contributed by atoms with Crippen molar-refractivity contribution in [3.63, 3.8) is 0 Å². The highest BCUT2D eigenvalue weighted by Gasteiger charge is 2.42. The summed E-state index contributed by atoms with van der Waals surface area (Å²) in [5, 5.41) is 1.38. The third-order valence-electron chi connectivity index (χ3n) is 4.89. The van der Waals surface area contributed by atoms with Crippen LogP contribution < -0.4 is 0 Å². The number of methoxy groups -OCH3 is 1. The number of carbonyl (C=O) groups is 1. The number of nitrogens with zero attached hydrogens (tertiary/aromatic N) is 1. The highest BCUT2D eigenvalue weighted by Crippen LogP contribution is 2.47. The number of carbonyl (C=O) groups excluding carboxylic acids is 1. The topological polar surface area (TPSA) is 29.5 Å². The molecule has 2 atom stereocenters. The van der Waals surface area contributed by atoms with Gasteiger partial charge in [0, 0.05) is 16.1 Å². The average molecular weight is 301 g/mol. The van der Waals surface area contributed by atoms with Crippen molar-refractivity contribution in [2.24, 2.45) is 5.92 Å². The first kappa shape index (κ1) is 13.3. The number of fused-ring (bicyclic) bond motifs is 5. The molecule has 110 valence electrons. The molecule has 1 aromatic carbocycles. The highest BCUT2D eigenvalue weighted by atomic mass is 32.1. The summed E-state index contributed by atoms with van der Waals surface area (Å²) in [7, 11) is 1.51. The quantitative estimate of drug-likeness (QED) is 0.756. The summed E-state index contributed by atoms with van der Waals surface area (Å²) in [6.45, 7) is 2.16. The van der Waals surface area contributed by atoms with Crippen LogP contribution in [0.15, 0.2) is 24.3 Å². The van der Waals surface area contributed by atoms with E-state index in [-0.39, 0.29) is 17.9 Å². The number of ether oxygens (including phenoxy) is 1. The van der Waals surface area contributed by atoms with E-state index in [0.29, 0.717) is 0 Å². The van der Waals surface area contributed by atoms with E-state index in [4.69, 9.17) is 4.74 Å². The fourth-order valence-corrected chi connectivity index (χ4v) is 5.39. The fourth-order valence-electron chi connectivity index (χ4n) is 3.93. The second-order valence-electron chi connectivity index (χ2n) is 5.94. The third kappa shape index (κ3) is 2.00. The zero-order valence-corrected chi connectivity index (χ0v) is 13.0. The van der Waals surface area contributed by atoms with Crippen LogP contribution in [0.5, 0.6) is 0 Å². The molecule has 2 aromatic rings. The van der Waals surface area contributed by atoms with Gasteiger partial charge in [0.2, 0.25) is 0 Å². The molecule has 1 saturated heterocycles. The van der Waals surface area contributed by atoms with Gasteiger partial charge in [0.25, 0.3) is 0 Å². The van der Waals surface area contributed by atoms with Crippen LogP contribution in [0.3, 0.4) is 0 Å². The molecule has 21 heavy (non-hydrogen) atoms. The van der Waals surface area contributed by atoms with Gasteiger partial charge in [-0.15, -0.1) is 11.3 Å². The standard InChI is InChI=1S/C17H19NO2S/c1-20-17(19)13-6-4-9-18-10-8-12-11-5-2-3-7-14(11)21-16(12)15(13)18/h2-3,5,7,13,15H,4,6,8-10H2,1H3/t13-,15-/m0/s1. The van der Waals surface area contributed by atoms with Gasteiger partial charge < -0.3 is 4.74 Å². The predicted molar refractivity (Wildman–Crippen MR) is 84.6 cm³/mol. The monoisotopic (exact) mass is 301 g/mol. The van der Waals surface area contributed by atoms with Crippen molar-refractivity contribution < 1.29 is 9.53 Å². The maximum absolute atomic E-state index is 12.2. The summed E-state index contributed by atoms with van der Waals surface area (Å²) >= 11 is 1.87. The van der Waals surface area contributed by atoms with Gasteiger partial charge in [-0.2, -0.15) is 0 Å². The lowest BCUT2D eigenvalue weighted by Gasteiger charge is -2.42. The van der Waals surface area contributed by atoms with E-state index in [0.717, 1.165) is 32.4 Å². The van der Waals surface area contributed by atoms with Gasteiger partial charge in [0.1, 0.15) is 0 Å². The maximum Gasteiger partial charge on any atom is 0.310 e. The molecule has 2 aliphatic heterocycles. The van der Waals surface area contributed by atoms with E-state index in [1.165, 1.54) is 27.6 Å². The van der Waals surface area contributed by atoms with Crippen molar-refractivity contribution in [1.82, 2.24) is 4.90 Å². The molecule has 1 aromatic heterocycles. The van der Waals surface area contributed by atoms with Crippen LogP contribution in [0.1, 0.15) is 29.3 Å². The lowest BCUT2D eigenvalue weighted by molar-refractivity contribution is -0.150. The first-order valence-corrected chi connectivity index (χ1v) is 8.43. The molecule has 0 bridgehead atoms. The Kier molecular flexibility index (Phi) is 3.23. The molecule has 4 heteroatoms. The second-order valence-corrected chi connectivity index (χ2v) is 7.03. The Labute approximate surface area is 128 Å². The molecular weight excluding hydrogens is 282 g/mol. The van der Waals surface area contributed by atoms with Gasteiger partial charge >= 0.3 is 5.97 Å². The van der Waals surface area contributed by atoms with E-state index >= 15 is 0 Å². The molecule has 0 N–H and O–H groups in total. The van der Waals surface area contributed by atoms with E-state index in [2.05, 4.69) is 29.2 Å². The Hall–Kier alpha value is -1.39. The molecule has 3 nitrogen and oxygen atoms in total. The zero-order chi connectivity index (χ0) is 14.4. The van der Waals surface area contributed by atoms with Crippen LogP contribution in [0.25, 0.3) is 10.1 Å². The SMILES string of the molecule is COC(=O)[C@H]1CCCN2CCc3c(sc4ccccc34)[C@H]12. The molecule has 0 saturated carbocycles. The molecule has 3 heterocycles. The van der Waals surface area contributed by atoms with Crippen molar-refractivity contribution in [3.05, 3.63) is 34.7 Å². The van der Waals surface area contributed by atoms with Crippen LogP contribution in [-0.2, 0) is 16.0 Å². The van der Waals surface area contributed by atoms with Crippen molar-refractivity contribution in [3.8, 4) is 0 Å². The fraction of sp³-hybridized carbons (Fsp3) is 0.471. The second kappa shape index (κ2) is 5.11. The van der Waals surface area contributed by atoms with Crippen LogP contribution in [0.2, 0.25) is 0 Å². The van der Waals surface area contributed by atoms with Crippen LogP contribution in [0, 0.1) is 5.92 Å². The van der Waals surface area contributed by atoms with Crippen molar-refractivity contribution >= 4 is 27.4 Å². The average Bonchev–Trinajstić information content (AvgIpc) is 2.92. The van der Waals surface area contributed by atoms with Gasteiger partial charge in [-0.3, -0.25) is 9.69 Å². The number of hydrogen-bond donors (Lipinski definition) is 0. The lowest BCUT2D eigenvalue weighted by atomic mass is 9.83. The number of piperidine rings is 1. The summed E-state index contributed by atoms with van der Waals surface area (Å²) in [6, 6.07) is 8.85. The first-order valence-electron chi connectivity index (χ1n) is 7.62. The molecule has 4 rings (SSSR count). The van der Waals surface area contributed by atoms with Gasteiger partial charge in [-0.05, 0) is 42.8 Å². The molecule has 2 aliphatic rings. The molecule has 0 amide bonds. The van der Waals surface area contributed by atoms with E-state index in [9.17, 15) is 4.79 Å². The van der Waals surface area contributed by atoms with E-state index < -0.39 is 0 Å². The minimum Gasteiger partial charge on any atom is -0.469 e. The first-order chi connectivity index (χ1) is 10.3. The maximum atomic E-state index is 12.2. The minimum absolute atomic E-state index is 0.00383. The van der Waals surface area contributed by atoms with Gasteiger partial charge in [0.15, 0.2) is 0 Å². The van der Waals surface area contributed by atoms with Crippen LogP contribution in [0.4, 0.5) is 0 Å². The number of esters is 1. The minimum atomic E-state index is -0.0463. The predicted octanol–water partition coefficient (Wildman–Crippen LogP) is 3.38. The summed E-state index contributed by atoms with van der Waals surface area (Å²) in [5.41, 5.74) is 1.47. The zero-order valence-electron chi connectivity index (χ0n) is 12.2. The molecule has 1 fully saturated rings. The normalized spacial score (nSPS) is 25.4. The molecular formula is C17H19NO2S. The summed E-state index contributed by atoms with van der Waals surface area (Å²) < 4.78 is 6.41. The van der Waals surface area contributed by atoms with E-state index in [1.807, 2.05) is 11.3 Å². The van der Waals surface area contributed by atoms with Gasteiger partial charge in [0.05, 0.1) is 19.1 Å². The highest BCUT2D eigenvalue weighted by molar-refractivity contribution is 7.19. The molecule has 0 spiro atoms. The van der Waals surface area contributed by atoms with Gasteiger partial charge in [-0.25, -0.2) is 0 Å².